The number of methoxy groups -OCH3 is 1. The fraction of sp³-hybridized carbons (Fsp3) is 0.111. The Kier molecular flexibility index (Phi) is 7.28. The average molecular weight is 514 g/mol. The van der Waals surface area contributed by atoms with Crippen LogP contribution in [0.5, 0.6) is 11.5 Å². The number of ether oxygens (including phenoxy) is 1. The molecular formula is C27H23N5O6. The van der Waals surface area contributed by atoms with Crippen LogP contribution in [0, 0.1) is 10.1 Å². The lowest BCUT2D eigenvalue weighted by Gasteiger charge is -2.12. The maximum absolute atomic E-state index is 13.1. The molecule has 38 heavy (non-hydrogen) atoms. The molecule has 0 saturated heterocycles. The maximum atomic E-state index is 13.1. The molecule has 4 aromatic rings. The molecule has 0 fully saturated rings. The first-order valence-electron chi connectivity index (χ1n) is 11.3. The molecule has 0 aliphatic heterocycles. The summed E-state index contributed by atoms with van der Waals surface area (Å²) in [6, 6.07) is 18.6. The van der Waals surface area contributed by atoms with Crippen molar-refractivity contribution in [2.24, 2.45) is 10.2 Å². The third-order valence-corrected chi connectivity index (χ3v) is 5.64. The van der Waals surface area contributed by atoms with Crippen LogP contribution in [0.2, 0.25) is 0 Å². The van der Waals surface area contributed by atoms with Crippen LogP contribution in [0.4, 0.5) is 22.7 Å². The number of phenolic OH excluding ortho intramolecular Hbond substituents is 1. The van der Waals surface area contributed by atoms with Gasteiger partial charge in [0.2, 0.25) is 0 Å². The van der Waals surface area contributed by atoms with Gasteiger partial charge in [0, 0.05) is 42.9 Å². The Hall–Kier alpha value is -5.32. The van der Waals surface area contributed by atoms with Gasteiger partial charge in [0.05, 0.1) is 17.6 Å². The number of aromatic hydroxyl groups is 1. The zero-order valence-corrected chi connectivity index (χ0v) is 20.7. The first kappa shape index (κ1) is 25.8. The van der Waals surface area contributed by atoms with Gasteiger partial charge in [-0.25, -0.2) is 0 Å². The molecule has 0 aliphatic rings. The number of carbonyl (C=O) groups excluding carboxylic acids is 2. The Labute approximate surface area is 217 Å². The van der Waals surface area contributed by atoms with Crippen LogP contribution in [-0.2, 0) is 0 Å². The second kappa shape index (κ2) is 10.7. The van der Waals surface area contributed by atoms with Crippen LogP contribution < -0.4 is 10.1 Å². The predicted molar refractivity (Wildman–Crippen MR) is 142 cm³/mol. The molecule has 192 valence electrons. The summed E-state index contributed by atoms with van der Waals surface area (Å²) in [7, 11) is 4.71. The second-order valence-corrected chi connectivity index (χ2v) is 8.39. The number of nitro groups is 1. The third-order valence-electron chi connectivity index (χ3n) is 5.64. The normalized spacial score (nSPS) is 10.9. The highest BCUT2D eigenvalue weighted by atomic mass is 16.6. The molecule has 0 heterocycles. The summed E-state index contributed by atoms with van der Waals surface area (Å²) in [5, 5.41) is 34.4. The number of nitro benzene ring substituents is 1. The Morgan fingerprint density at radius 2 is 1.76 bits per heavy atom. The largest absolute Gasteiger partial charge is 0.505 e. The van der Waals surface area contributed by atoms with Crippen molar-refractivity contribution in [1.82, 2.24) is 4.90 Å². The van der Waals surface area contributed by atoms with Crippen molar-refractivity contribution < 1.29 is 24.4 Å². The van der Waals surface area contributed by atoms with Crippen LogP contribution in [0.3, 0.4) is 0 Å². The number of phenols is 1. The highest BCUT2D eigenvalue weighted by molar-refractivity contribution is 6.11. The van der Waals surface area contributed by atoms with Gasteiger partial charge in [0.25, 0.3) is 17.5 Å². The molecule has 2 N–H and O–H groups in total. The van der Waals surface area contributed by atoms with Crippen molar-refractivity contribution in [2.45, 2.75) is 0 Å². The van der Waals surface area contributed by atoms with Gasteiger partial charge in [-0.05, 0) is 35.7 Å². The smallest absolute Gasteiger partial charge is 0.271 e. The van der Waals surface area contributed by atoms with Crippen LogP contribution in [0.1, 0.15) is 20.7 Å². The molecule has 0 radical (unpaired) electrons. The van der Waals surface area contributed by atoms with Gasteiger partial charge in [0.1, 0.15) is 17.1 Å². The van der Waals surface area contributed by atoms with E-state index in [1.165, 1.54) is 48.4 Å². The van der Waals surface area contributed by atoms with Gasteiger partial charge in [-0.15, -0.1) is 10.2 Å². The molecule has 11 nitrogen and oxygen atoms in total. The Morgan fingerprint density at radius 3 is 2.47 bits per heavy atom. The number of hydrogen-bond acceptors (Lipinski definition) is 8. The number of carbonyl (C=O) groups is 2. The number of non-ortho nitro benzene ring substituents is 1. The number of benzene rings is 4. The van der Waals surface area contributed by atoms with E-state index in [2.05, 4.69) is 15.5 Å². The predicted octanol–water partition coefficient (Wildman–Crippen LogP) is 5.83. The van der Waals surface area contributed by atoms with Crippen molar-refractivity contribution in [3.05, 3.63) is 94.0 Å². The Balaban J connectivity index is 1.78. The fourth-order valence-electron chi connectivity index (χ4n) is 3.75. The number of azo groups is 1. The fourth-order valence-corrected chi connectivity index (χ4v) is 3.75. The summed E-state index contributed by atoms with van der Waals surface area (Å²) < 4.78 is 5.35. The number of nitrogens with one attached hydrogen (secondary N) is 1. The zero-order chi connectivity index (χ0) is 27.4. The van der Waals surface area contributed by atoms with E-state index in [-0.39, 0.29) is 34.2 Å². The number of rotatable bonds is 7. The SMILES string of the molecule is COc1ccc(C(=O)N(C)C)cc1/N=N/c1c(O)c(C(=O)Nc2cccc([N+](=O)[O-])c2)cc2ccccc12. The molecule has 0 unspecified atom stereocenters. The monoisotopic (exact) mass is 513 g/mol. The Morgan fingerprint density at radius 1 is 1.00 bits per heavy atom. The van der Waals surface area contributed by atoms with E-state index in [0.717, 1.165) is 0 Å². The minimum atomic E-state index is -0.693. The van der Waals surface area contributed by atoms with Crippen LogP contribution >= 0.6 is 0 Å². The lowest BCUT2D eigenvalue weighted by atomic mass is 10.0. The van der Waals surface area contributed by atoms with E-state index in [9.17, 15) is 24.8 Å². The topological polar surface area (TPSA) is 147 Å². The molecule has 0 saturated carbocycles. The molecule has 0 aromatic heterocycles. The van der Waals surface area contributed by atoms with Crippen molar-refractivity contribution in [3.63, 3.8) is 0 Å². The maximum Gasteiger partial charge on any atom is 0.271 e. The summed E-state index contributed by atoms with van der Waals surface area (Å²) in [5.41, 5.74) is 0.529. The average Bonchev–Trinajstić information content (AvgIpc) is 2.91. The van der Waals surface area contributed by atoms with Gasteiger partial charge in [-0.3, -0.25) is 19.7 Å². The van der Waals surface area contributed by atoms with Crippen molar-refractivity contribution in [2.75, 3.05) is 26.5 Å². The van der Waals surface area contributed by atoms with E-state index in [4.69, 9.17) is 4.74 Å². The molecule has 0 spiro atoms. The van der Waals surface area contributed by atoms with E-state index in [1.54, 1.807) is 50.5 Å². The van der Waals surface area contributed by atoms with E-state index < -0.39 is 16.6 Å². The number of anilines is 1. The number of amides is 2. The van der Waals surface area contributed by atoms with Gasteiger partial charge >= 0.3 is 0 Å². The molecule has 4 aromatic carbocycles. The van der Waals surface area contributed by atoms with Gasteiger partial charge in [-0.1, -0.05) is 30.3 Å². The highest BCUT2D eigenvalue weighted by Gasteiger charge is 2.20. The summed E-state index contributed by atoms with van der Waals surface area (Å²) in [6.45, 7) is 0. The van der Waals surface area contributed by atoms with Crippen molar-refractivity contribution in [1.29, 1.82) is 0 Å². The molecule has 0 aliphatic carbocycles. The van der Waals surface area contributed by atoms with E-state index in [0.29, 0.717) is 22.1 Å². The highest BCUT2D eigenvalue weighted by Crippen LogP contribution is 2.40. The number of fused-ring (bicyclic) bond motifs is 1. The summed E-state index contributed by atoms with van der Waals surface area (Å²) >= 11 is 0. The number of nitrogens with zero attached hydrogens (tertiary/aromatic N) is 4. The number of hydrogen-bond donors (Lipinski definition) is 2. The third kappa shape index (κ3) is 5.26. The summed E-state index contributed by atoms with van der Waals surface area (Å²) in [5.74, 6) is -1.01. The molecular weight excluding hydrogens is 490 g/mol. The Bertz CT molecular complexity index is 1600. The van der Waals surface area contributed by atoms with Gasteiger partial charge in [-0.2, -0.15) is 0 Å². The first-order valence-corrected chi connectivity index (χ1v) is 11.3. The minimum Gasteiger partial charge on any atom is -0.505 e. The second-order valence-electron chi connectivity index (χ2n) is 8.39. The molecule has 11 heteroatoms. The zero-order valence-electron chi connectivity index (χ0n) is 20.7. The summed E-state index contributed by atoms with van der Waals surface area (Å²) in [4.78, 5) is 37.4. The van der Waals surface area contributed by atoms with Crippen molar-refractivity contribution in [3.8, 4) is 11.5 Å². The van der Waals surface area contributed by atoms with Crippen LogP contribution in [0.25, 0.3) is 10.8 Å². The van der Waals surface area contributed by atoms with E-state index in [1.807, 2.05) is 0 Å². The first-order chi connectivity index (χ1) is 18.2. The lowest BCUT2D eigenvalue weighted by Crippen LogP contribution is -2.21. The molecule has 0 bridgehead atoms. The summed E-state index contributed by atoms with van der Waals surface area (Å²) in [6.07, 6.45) is 0. The molecule has 2 amide bonds. The van der Waals surface area contributed by atoms with Crippen LogP contribution in [-0.4, -0.2) is 47.9 Å². The van der Waals surface area contributed by atoms with Gasteiger partial charge in [0.15, 0.2) is 5.75 Å². The molecule has 4 rings (SSSR count). The van der Waals surface area contributed by atoms with Crippen LogP contribution in [0.15, 0.2) is 83.0 Å². The van der Waals surface area contributed by atoms with Crippen molar-refractivity contribution >= 4 is 45.3 Å². The van der Waals surface area contributed by atoms with Gasteiger partial charge < -0.3 is 20.1 Å². The minimum absolute atomic E-state index is 0.0266. The van der Waals surface area contributed by atoms with E-state index >= 15 is 0 Å². The molecule has 0 atom stereocenters. The lowest BCUT2D eigenvalue weighted by molar-refractivity contribution is -0.384. The quantitative estimate of drug-likeness (QED) is 0.180. The standard InChI is InChI=1S/C27H23N5O6/c1-31(2)27(35)17-11-12-23(38-3)22(14-17)29-30-24-20-10-5-4-7-16(20)13-21(25(24)33)26(34)28-18-8-6-9-19(15-18)32(36)37/h4-15,33H,1-3H3,(H,28,34)/b30-29+.